The molecule has 1 atom stereocenters. The summed E-state index contributed by atoms with van der Waals surface area (Å²) in [6.45, 7) is 3.20. The first-order chi connectivity index (χ1) is 8.45. The highest BCUT2D eigenvalue weighted by Crippen LogP contribution is 2.15. The maximum atomic E-state index is 14.1. The summed E-state index contributed by atoms with van der Waals surface area (Å²) < 4.78 is 19.3. The summed E-state index contributed by atoms with van der Waals surface area (Å²) in [5, 5.41) is 0. The standard InChI is InChI=1S/C13H19FN2OS/c1-9(17-3)7-16(2)8-10-5-4-6-11(12(10)14)13(15)18/h4-6,9H,7-8H2,1-3H3,(H2,15,18). The molecule has 5 heteroatoms. The predicted octanol–water partition coefficient (Wildman–Crippen LogP) is 1.93. The zero-order valence-corrected chi connectivity index (χ0v) is 11.8. The van der Waals surface area contributed by atoms with E-state index in [9.17, 15) is 4.39 Å². The fourth-order valence-corrected chi connectivity index (χ4v) is 1.92. The van der Waals surface area contributed by atoms with Gasteiger partial charge in [-0.25, -0.2) is 4.39 Å². The number of thiocarbonyl (C=S) groups is 1. The molecule has 0 heterocycles. The highest BCUT2D eigenvalue weighted by Gasteiger charge is 2.12. The number of hydrogen-bond donors (Lipinski definition) is 1. The van der Waals surface area contributed by atoms with Gasteiger partial charge in [-0.1, -0.05) is 24.4 Å². The molecule has 2 N–H and O–H groups in total. The molecule has 0 spiro atoms. The third kappa shape index (κ3) is 4.01. The van der Waals surface area contributed by atoms with Gasteiger partial charge in [0.2, 0.25) is 0 Å². The third-order valence-electron chi connectivity index (χ3n) is 2.76. The second kappa shape index (κ2) is 6.78. The Hall–Kier alpha value is -1.04. The van der Waals surface area contributed by atoms with Crippen molar-refractivity contribution in [3.8, 4) is 0 Å². The van der Waals surface area contributed by atoms with Gasteiger partial charge >= 0.3 is 0 Å². The molecular weight excluding hydrogens is 251 g/mol. The summed E-state index contributed by atoms with van der Waals surface area (Å²) in [7, 11) is 3.58. The van der Waals surface area contributed by atoms with E-state index in [1.165, 1.54) is 0 Å². The summed E-state index contributed by atoms with van der Waals surface area (Å²) in [5.74, 6) is -0.332. The lowest BCUT2D eigenvalue weighted by atomic mass is 10.1. The normalized spacial score (nSPS) is 12.7. The molecule has 1 unspecified atom stereocenters. The molecule has 0 saturated carbocycles. The van der Waals surface area contributed by atoms with Gasteiger partial charge in [-0.2, -0.15) is 0 Å². The van der Waals surface area contributed by atoms with Crippen LogP contribution in [-0.2, 0) is 11.3 Å². The first-order valence-corrected chi connectivity index (χ1v) is 6.15. The number of halogens is 1. The second-order valence-corrected chi connectivity index (χ2v) is 4.83. The maximum absolute atomic E-state index is 14.1. The first kappa shape index (κ1) is 15.0. The Balaban J connectivity index is 2.79. The lowest BCUT2D eigenvalue weighted by Gasteiger charge is -2.21. The Morgan fingerprint density at radius 2 is 2.22 bits per heavy atom. The van der Waals surface area contributed by atoms with Gasteiger partial charge in [0.05, 0.1) is 6.10 Å². The topological polar surface area (TPSA) is 38.5 Å². The van der Waals surface area contributed by atoms with Gasteiger partial charge < -0.3 is 10.5 Å². The highest BCUT2D eigenvalue weighted by molar-refractivity contribution is 7.80. The van der Waals surface area contributed by atoms with Crippen molar-refractivity contribution in [3.63, 3.8) is 0 Å². The van der Waals surface area contributed by atoms with Crippen molar-refractivity contribution in [2.24, 2.45) is 5.73 Å². The van der Waals surface area contributed by atoms with Gasteiger partial charge in [-0.05, 0) is 20.0 Å². The van der Waals surface area contributed by atoms with Crippen LogP contribution in [0.4, 0.5) is 4.39 Å². The van der Waals surface area contributed by atoms with Gasteiger partial charge in [0.25, 0.3) is 0 Å². The lowest BCUT2D eigenvalue weighted by Crippen LogP contribution is -2.28. The average Bonchev–Trinajstić information content (AvgIpc) is 2.31. The molecule has 0 fully saturated rings. The minimum atomic E-state index is -0.332. The van der Waals surface area contributed by atoms with Gasteiger partial charge in [-0.15, -0.1) is 0 Å². The second-order valence-electron chi connectivity index (χ2n) is 4.39. The number of likely N-dealkylation sites (N-methyl/N-ethyl adjacent to an activating group) is 1. The van der Waals surface area contributed by atoms with Gasteiger partial charge in [-0.3, -0.25) is 4.90 Å². The average molecular weight is 270 g/mol. The smallest absolute Gasteiger partial charge is 0.137 e. The van der Waals surface area contributed by atoms with E-state index in [4.69, 9.17) is 22.7 Å². The van der Waals surface area contributed by atoms with Crippen molar-refractivity contribution in [2.75, 3.05) is 20.7 Å². The Morgan fingerprint density at radius 3 is 2.78 bits per heavy atom. The molecule has 3 nitrogen and oxygen atoms in total. The van der Waals surface area contributed by atoms with Crippen LogP contribution in [0.2, 0.25) is 0 Å². The summed E-state index contributed by atoms with van der Waals surface area (Å²) in [5.41, 5.74) is 6.36. The van der Waals surface area contributed by atoms with Crippen molar-refractivity contribution in [1.82, 2.24) is 4.90 Å². The largest absolute Gasteiger partial charge is 0.389 e. The number of benzene rings is 1. The fraction of sp³-hybridized carbons (Fsp3) is 0.462. The molecule has 0 saturated heterocycles. The molecule has 1 aromatic rings. The molecule has 0 aromatic heterocycles. The minimum Gasteiger partial charge on any atom is -0.389 e. The van der Waals surface area contributed by atoms with E-state index in [-0.39, 0.29) is 16.9 Å². The van der Waals surface area contributed by atoms with Crippen molar-refractivity contribution in [3.05, 3.63) is 35.1 Å². The van der Waals surface area contributed by atoms with Crippen LogP contribution in [-0.4, -0.2) is 36.7 Å². The van der Waals surface area contributed by atoms with Crippen LogP contribution in [0.5, 0.6) is 0 Å². The molecule has 18 heavy (non-hydrogen) atoms. The van der Waals surface area contributed by atoms with E-state index in [1.807, 2.05) is 18.9 Å². The van der Waals surface area contributed by atoms with E-state index in [1.54, 1.807) is 25.3 Å². The number of methoxy groups -OCH3 is 1. The van der Waals surface area contributed by atoms with Crippen molar-refractivity contribution in [2.45, 2.75) is 19.6 Å². The van der Waals surface area contributed by atoms with E-state index in [0.717, 1.165) is 6.54 Å². The van der Waals surface area contributed by atoms with E-state index in [2.05, 4.69) is 0 Å². The van der Waals surface area contributed by atoms with Crippen LogP contribution in [0.25, 0.3) is 0 Å². The number of hydrogen-bond acceptors (Lipinski definition) is 3. The lowest BCUT2D eigenvalue weighted by molar-refractivity contribution is 0.0833. The van der Waals surface area contributed by atoms with Crippen LogP contribution in [0.15, 0.2) is 18.2 Å². The van der Waals surface area contributed by atoms with Gasteiger partial charge in [0.15, 0.2) is 0 Å². The van der Waals surface area contributed by atoms with Crippen molar-refractivity contribution < 1.29 is 9.13 Å². The maximum Gasteiger partial charge on any atom is 0.137 e. The SMILES string of the molecule is COC(C)CN(C)Cc1cccc(C(N)=S)c1F. The monoisotopic (exact) mass is 270 g/mol. The highest BCUT2D eigenvalue weighted by atomic mass is 32.1. The summed E-state index contributed by atoms with van der Waals surface area (Å²) in [4.78, 5) is 2.08. The van der Waals surface area contributed by atoms with Gasteiger partial charge in [0.1, 0.15) is 10.8 Å². The van der Waals surface area contributed by atoms with Crippen LogP contribution < -0.4 is 5.73 Å². The summed E-state index contributed by atoms with van der Waals surface area (Å²) in [6, 6.07) is 5.10. The van der Waals surface area contributed by atoms with E-state index in [0.29, 0.717) is 17.7 Å². The summed E-state index contributed by atoms with van der Waals surface area (Å²) in [6.07, 6.45) is 0.108. The van der Waals surface area contributed by atoms with Gasteiger partial charge in [0, 0.05) is 31.3 Å². The molecular formula is C13H19FN2OS. The Kier molecular flexibility index (Phi) is 5.65. The third-order valence-corrected chi connectivity index (χ3v) is 2.98. The van der Waals surface area contributed by atoms with Crippen LogP contribution >= 0.6 is 12.2 Å². The molecule has 0 aliphatic heterocycles. The number of nitrogens with zero attached hydrogens (tertiary/aromatic N) is 1. The molecule has 100 valence electrons. The molecule has 0 aliphatic carbocycles. The Morgan fingerprint density at radius 1 is 1.56 bits per heavy atom. The molecule has 1 rings (SSSR count). The van der Waals surface area contributed by atoms with Crippen LogP contribution in [0.3, 0.4) is 0 Å². The molecule has 0 bridgehead atoms. The zero-order valence-electron chi connectivity index (χ0n) is 10.9. The quantitative estimate of drug-likeness (QED) is 0.802. The molecule has 1 aromatic carbocycles. The minimum absolute atomic E-state index is 0.0854. The summed E-state index contributed by atoms with van der Waals surface area (Å²) >= 11 is 4.82. The van der Waals surface area contributed by atoms with Crippen LogP contribution in [0, 0.1) is 5.82 Å². The fourth-order valence-electron chi connectivity index (χ4n) is 1.76. The molecule has 0 aliphatic rings. The predicted molar refractivity (Wildman–Crippen MR) is 75.1 cm³/mol. The zero-order chi connectivity index (χ0) is 13.7. The van der Waals surface area contributed by atoms with Crippen molar-refractivity contribution >= 4 is 17.2 Å². The number of rotatable bonds is 6. The molecule has 0 radical (unpaired) electrons. The Labute approximate surface area is 113 Å². The first-order valence-electron chi connectivity index (χ1n) is 5.74. The van der Waals surface area contributed by atoms with Crippen molar-refractivity contribution in [1.29, 1.82) is 0 Å². The number of ether oxygens (including phenoxy) is 1. The molecule has 0 amide bonds. The van der Waals surface area contributed by atoms with E-state index < -0.39 is 0 Å². The Bertz CT molecular complexity index is 425. The number of nitrogens with two attached hydrogens (primary N) is 1. The van der Waals surface area contributed by atoms with E-state index >= 15 is 0 Å². The van der Waals surface area contributed by atoms with Crippen LogP contribution in [0.1, 0.15) is 18.1 Å².